The number of terminal acetylenes is 1. The molecule has 2 rings (SSSR count). The molecule has 0 aliphatic heterocycles. The standard InChI is InChI=1S/C26H38.C5H12.3C2H6.C2H2/c1-10-21(18(2)3)12-11-19(4)15-22-17-24-23(16-20(22)5)25(6,7)13-14-26(24,8)9;1-3-5-4-2;4*1-2/h10-12,16-18H,1,13-15H2,2-9H3;3-5H2,1-2H3;3*1-2H3;1-2H/b19-11+,21-12+;;;;;. The van der Waals surface area contributed by atoms with Gasteiger partial charge >= 0.3 is 0 Å². The van der Waals surface area contributed by atoms with E-state index in [1.54, 1.807) is 11.1 Å². The molecule has 0 amide bonds. The summed E-state index contributed by atoms with van der Waals surface area (Å²) >= 11 is 0. The van der Waals surface area contributed by atoms with Crippen LogP contribution in [0.1, 0.15) is 158 Å². The highest BCUT2D eigenvalue weighted by Crippen LogP contribution is 2.46. The van der Waals surface area contributed by atoms with Crippen LogP contribution in [0.5, 0.6) is 0 Å². The van der Waals surface area contributed by atoms with Gasteiger partial charge in [0.15, 0.2) is 0 Å². The van der Waals surface area contributed by atoms with Crippen LogP contribution < -0.4 is 0 Å². The van der Waals surface area contributed by atoms with Crippen LogP contribution in [0, 0.1) is 25.7 Å². The summed E-state index contributed by atoms with van der Waals surface area (Å²) in [6.45, 7) is 38.9. The Morgan fingerprint density at radius 1 is 0.846 bits per heavy atom. The molecule has 0 unspecified atom stereocenters. The maximum Gasteiger partial charge on any atom is -0.00640 e. The van der Waals surface area contributed by atoms with E-state index in [1.165, 1.54) is 54.4 Å². The number of benzene rings is 1. The van der Waals surface area contributed by atoms with Gasteiger partial charge in [-0.05, 0) is 77.7 Å². The minimum Gasteiger partial charge on any atom is -0.124 e. The predicted molar refractivity (Wildman–Crippen MR) is 186 cm³/mol. The van der Waals surface area contributed by atoms with E-state index in [-0.39, 0.29) is 10.8 Å². The minimum absolute atomic E-state index is 0.276. The molecule has 0 radical (unpaired) electrons. The van der Waals surface area contributed by atoms with E-state index in [1.807, 2.05) is 47.6 Å². The zero-order chi connectivity index (χ0) is 31.8. The molecule has 1 aliphatic carbocycles. The summed E-state index contributed by atoms with van der Waals surface area (Å²) in [6, 6.07) is 4.97. The van der Waals surface area contributed by atoms with Gasteiger partial charge in [0.1, 0.15) is 0 Å². The number of allylic oxidation sites excluding steroid dienone is 5. The fourth-order valence-electron chi connectivity index (χ4n) is 4.40. The molecule has 0 heterocycles. The number of unbranched alkanes of at least 4 members (excludes halogenated alkanes) is 2. The Morgan fingerprint density at radius 3 is 1.59 bits per heavy atom. The Labute approximate surface area is 248 Å². The number of hydrogen-bond donors (Lipinski definition) is 0. The van der Waals surface area contributed by atoms with Crippen LogP contribution in [0.15, 0.2) is 48.1 Å². The van der Waals surface area contributed by atoms with Crippen LogP contribution in [0.4, 0.5) is 0 Å². The third-order valence-corrected chi connectivity index (χ3v) is 6.95. The fourth-order valence-corrected chi connectivity index (χ4v) is 4.40. The largest absolute Gasteiger partial charge is 0.124 e. The summed E-state index contributed by atoms with van der Waals surface area (Å²) < 4.78 is 0. The summed E-state index contributed by atoms with van der Waals surface area (Å²) in [4.78, 5) is 0. The first-order chi connectivity index (χ1) is 18.4. The van der Waals surface area contributed by atoms with Gasteiger partial charge in [-0.3, -0.25) is 0 Å². The maximum absolute atomic E-state index is 4.00. The third kappa shape index (κ3) is 16.6. The summed E-state index contributed by atoms with van der Waals surface area (Å²) in [6.07, 6.45) is 22.1. The average Bonchev–Trinajstić information content (AvgIpc) is 2.93. The van der Waals surface area contributed by atoms with Gasteiger partial charge in [0.05, 0.1) is 0 Å². The van der Waals surface area contributed by atoms with Crippen molar-refractivity contribution in [2.45, 2.75) is 160 Å². The molecule has 0 bridgehead atoms. The molecule has 0 aromatic heterocycles. The Morgan fingerprint density at radius 2 is 1.26 bits per heavy atom. The Hall–Kier alpha value is -2.00. The molecule has 1 aromatic rings. The first-order valence-corrected chi connectivity index (χ1v) is 15.9. The van der Waals surface area contributed by atoms with Gasteiger partial charge in [0.2, 0.25) is 0 Å². The third-order valence-electron chi connectivity index (χ3n) is 6.95. The lowest BCUT2D eigenvalue weighted by Gasteiger charge is -2.42. The van der Waals surface area contributed by atoms with Crippen molar-refractivity contribution in [2.24, 2.45) is 5.92 Å². The van der Waals surface area contributed by atoms with Crippen LogP contribution in [-0.2, 0) is 17.3 Å². The molecule has 0 heteroatoms. The second kappa shape index (κ2) is 25.0. The van der Waals surface area contributed by atoms with Gasteiger partial charge in [-0.1, -0.05) is 159 Å². The molecule has 0 spiro atoms. The van der Waals surface area contributed by atoms with Gasteiger partial charge in [-0.25, -0.2) is 0 Å². The summed E-state index contributed by atoms with van der Waals surface area (Å²) in [5.41, 5.74) is 9.30. The number of aryl methyl sites for hydroxylation is 1. The lowest BCUT2D eigenvalue weighted by Crippen LogP contribution is -2.34. The molecular formula is C39H70. The highest BCUT2D eigenvalue weighted by atomic mass is 14.4. The first kappa shape index (κ1) is 44.0. The van der Waals surface area contributed by atoms with Crippen molar-refractivity contribution in [3.05, 3.63) is 70.3 Å². The fraction of sp³-hybridized carbons (Fsp3) is 0.641. The highest BCUT2D eigenvalue weighted by Gasteiger charge is 2.37. The van der Waals surface area contributed by atoms with Crippen molar-refractivity contribution in [3.8, 4) is 12.8 Å². The summed E-state index contributed by atoms with van der Waals surface area (Å²) in [5, 5.41) is 0. The van der Waals surface area contributed by atoms with Gasteiger partial charge in [0, 0.05) is 0 Å². The molecule has 0 nitrogen and oxygen atoms in total. The Bertz CT molecular complexity index is 819. The zero-order valence-electron chi connectivity index (χ0n) is 29.6. The molecule has 1 aliphatic rings. The lowest BCUT2D eigenvalue weighted by molar-refractivity contribution is 0.331. The monoisotopic (exact) mass is 539 g/mol. The van der Waals surface area contributed by atoms with Crippen molar-refractivity contribution in [3.63, 3.8) is 0 Å². The lowest BCUT2D eigenvalue weighted by atomic mass is 9.62. The van der Waals surface area contributed by atoms with E-state index < -0.39 is 0 Å². The molecular weight excluding hydrogens is 468 g/mol. The first-order valence-electron chi connectivity index (χ1n) is 15.9. The molecule has 0 atom stereocenters. The molecule has 226 valence electrons. The Balaban J connectivity index is -0.000000403. The molecule has 0 saturated carbocycles. The van der Waals surface area contributed by atoms with Crippen molar-refractivity contribution >= 4 is 0 Å². The number of hydrogen-bond acceptors (Lipinski definition) is 0. The second-order valence-corrected chi connectivity index (χ2v) is 11.2. The summed E-state index contributed by atoms with van der Waals surface area (Å²) in [5.74, 6) is 0.519. The van der Waals surface area contributed by atoms with Crippen molar-refractivity contribution in [2.75, 3.05) is 0 Å². The van der Waals surface area contributed by atoms with Crippen molar-refractivity contribution in [1.82, 2.24) is 0 Å². The molecule has 39 heavy (non-hydrogen) atoms. The van der Waals surface area contributed by atoms with Crippen LogP contribution >= 0.6 is 0 Å². The second-order valence-electron chi connectivity index (χ2n) is 11.2. The van der Waals surface area contributed by atoms with Gasteiger partial charge in [-0.2, -0.15) is 0 Å². The predicted octanol–water partition coefficient (Wildman–Crippen LogP) is 13.1. The maximum atomic E-state index is 4.00. The van der Waals surface area contributed by atoms with E-state index >= 15 is 0 Å². The van der Waals surface area contributed by atoms with Crippen molar-refractivity contribution in [1.29, 1.82) is 0 Å². The van der Waals surface area contributed by atoms with Crippen molar-refractivity contribution < 1.29 is 0 Å². The van der Waals surface area contributed by atoms with Crippen LogP contribution in [0.2, 0.25) is 0 Å². The average molecular weight is 539 g/mol. The molecule has 0 N–H and O–H groups in total. The summed E-state index contributed by atoms with van der Waals surface area (Å²) in [7, 11) is 0. The number of fused-ring (bicyclic) bond motifs is 1. The molecule has 0 saturated heterocycles. The Kier molecular flexibility index (Phi) is 28.2. The topological polar surface area (TPSA) is 0 Å². The van der Waals surface area contributed by atoms with E-state index in [0.717, 1.165) is 6.42 Å². The number of rotatable bonds is 7. The quantitative estimate of drug-likeness (QED) is 0.239. The van der Waals surface area contributed by atoms with E-state index in [9.17, 15) is 0 Å². The van der Waals surface area contributed by atoms with Crippen LogP contribution in [0.3, 0.4) is 0 Å². The smallest absolute Gasteiger partial charge is 0.00640 e. The highest BCUT2D eigenvalue weighted by molar-refractivity contribution is 5.48. The zero-order valence-corrected chi connectivity index (χ0v) is 29.6. The van der Waals surface area contributed by atoms with Gasteiger partial charge in [0.25, 0.3) is 0 Å². The minimum atomic E-state index is 0.276. The SMILES string of the molecule is C#C.C=C/C(=C\C=C(/C)Cc1cc2c(cc1C)C(C)(C)CCC2(C)C)C(C)C.CC.CC.CC.CCCCC. The van der Waals surface area contributed by atoms with Crippen LogP contribution in [-0.4, -0.2) is 0 Å². The molecule has 0 fully saturated rings. The normalized spacial score (nSPS) is 14.5. The molecule has 1 aromatic carbocycles. The van der Waals surface area contributed by atoms with E-state index in [0.29, 0.717) is 5.92 Å². The van der Waals surface area contributed by atoms with Gasteiger partial charge in [-0.15, -0.1) is 12.8 Å². The van der Waals surface area contributed by atoms with Gasteiger partial charge < -0.3 is 0 Å². The van der Waals surface area contributed by atoms with Crippen LogP contribution in [0.25, 0.3) is 0 Å². The van der Waals surface area contributed by atoms with E-state index in [2.05, 4.69) is 113 Å². The van der Waals surface area contributed by atoms with E-state index in [4.69, 9.17) is 0 Å².